The second kappa shape index (κ2) is 6.80. The van der Waals surface area contributed by atoms with Gasteiger partial charge in [0.1, 0.15) is 0 Å². The van der Waals surface area contributed by atoms with E-state index >= 15 is 0 Å². The van der Waals surface area contributed by atoms with Crippen molar-refractivity contribution >= 4 is 17.5 Å². The first-order chi connectivity index (χ1) is 12.3. The van der Waals surface area contributed by atoms with Crippen LogP contribution < -0.4 is 4.90 Å². The number of hydrogen-bond acceptors (Lipinski definition) is 5. The minimum Gasteiger partial charge on any atom is -0.336 e. The molecule has 0 radical (unpaired) electrons. The Kier molecular flexibility index (Phi) is 4.36. The van der Waals surface area contributed by atoms with Crippen LogP contribution in [-0.2, 0) is 6.42 Å². The quantitative estimate of drug-likeness (QED) is 0.857. The molecule has 130 valence electrons. The number of carbonyl (C=O) groups is 1. The Hall–Kier alpha value is -2.47. The fourth-order valence-corrected chi connectivity index (χ4v) is 3.57. The Morgan fingerprint density at radius 1 is 1.04 bits per heavy atom. The summed E-state index contributed by atoms with van der Waals surface area (Å²) in [5, 5.41) is 0. The van der Waals surface area contributed by atoms with Crippen LogP contribution in [0.1, 0.15) is 22.8 Å². The molecule has 4 rings (SSSR count). The monoisotopic (exact) mass is 337 g/mol. The standard InChI is InChI=1S/C19H23N5O/c1-2-22-9-11-23(12-10-22)18(25)16-13-20-19(21-14-16)24-8-7-15-5-3-4-6-17(15)24/h3-6,13-14H,2,7-12H2,1H3. The highest BCUT2D eigenvalue weighted by molar-refractivity contribution is 5.93. The summed E-state index contributed by atoms with van der Waals surface area (Å²) in [6.07, 6.45) is 4.33. The van der Waals surface area contributed by atoms with E-state index in [0.29, 0.717) is 11.5 Å². The molecule has 25 heavy (non-hydrogen) atoms. The van der Waals surface area contributed by atoms with Crippen LogP contribution in [0.3, 0.4) is 0 Å². The van der Waals surface area contributed by atoms with Crippen molar-refractivity contribution in [2.45, 2.75) is 13.3 Å². The third-order valence-corrected chi connectivity index (χ3v) is 5.12. The van der Waals surface area contributed by atoms with E-state index in [4.69, 9.17) is 0 Å². The Labute approximate surface area is 148 Å². The Balaban J connectivity index is 1.47. The van der Waals surface area contributed by atoms with Gasteiger partial charge in [-0.1, -0.05) is 25.1 Å². The topological polar surface area (TPSA) is 52.6 Å². The van der Waals surface area contributed by atoms with E-state index in [1.165, 1.54) is 5.56 Å². The zero-order valence-corrected chi connectivity index (χ0v) is 14.6. The summed E-state index contributed by atoms with van der Waals surface area (Å²) >= 11 is 0. The molecule has 1 saturated heterocycles. The molecule has 1 amide bonds. The van der Waals surface area contributed by atoms with E-state index in [1.54, 1.807) is 12.4 Å². The van der Waals surface area contributed by atoms with Gasteiger partial charge in [-0.15, -0.1) is 0 Å². The van der Waals surface area contributed by atoms with E-state index in [1.807, 2.05) is 11.0 Å². The zero-order valence-electron chi connectivity index (χ0n) is 14.6. The molecule has 2 aliphatic heterocycles. The van der Waals surface area contributed by atoms with Gasteiger partial charge in [0, 0.05) is 50.8 Å². The Morgan fingerprint density at radius 3 is 2.48 bits per heavy atom. The molecule has 2 aliphatic rings. The number of para-hydroxylation sites is 1. The van der Waals surface area contributed by atoms with Gasteiger partial charge in [-0.25, -0.2) is 9.97 Å². The third-order valence-electron chi connectivity index (χ3n) is 5.12. The molecule has 3 heterocycles. The molecule has 6 heteroatoms. The summed E-state index contributed by atoms with van der Waals surface area (Å²) in [5.41, 5.74) is 3.05. The summed E-state index contributed by atoms with van der Waals surface area (Å²) in [6, 6.07) is 8.33. The molecule has 0 spiro atoms. The molecular weight excluding hydrogens is 314 g/mol. The van der Waals surface area contributed by atoms with Crippen LogP contribution in [0.25, 0.3) is 0 Å². The van der Waals surface area contributed by atoms with Gasteiger partial charge >= 0.3 is 0 Å². The maximum atomic E-state index is 12.6. The van der Waals surface area contributed by atoms with Gasteiger partial charge in [-0.05, 0) is 24.6 Å². The van der Waals surface area contributed by atoms with E-state index in [2.05, 4.69) is 44.9 Å². The molecule has 1 aromatic heterocycles. The fourth-order valence-electron chi connectivity index (χ4n) is 3.57. The lowest BCUT2D eigenvalue weighted by atomic mass is 10.2. The number of likely N-dealkylation sites (N-methyl/N-ethyl adjacent to an activating group) is 1. The number of anilines is 2. The summed E-state index contributed by atoms with van der Waals surface area (Å²) in [7, 11) is 0. The number of hydrogen-bond donors (Lipinski definition) is 0. The number of nitrogens with zero attached hydrogens (tertiary/aromatic N) is 5. The first kappa shape index (κ1) is 16.0. The fraction of sp³-hybridized carbons (Fsp3) is 0.421. The first-order valence-electron chi connectivity index (χ1n) is 8.95. The van der Waals surface area contributed by atoms with Crippen molar-refractivity contribution in [2.75, 3.05) is 44.2 Å². The second-order valence-electron chi connectivity index (χ2n) is 6.53. The van der Waals surface area contributed by atoms with Gasteiger partial charge in [0.25, 0.3) is 5.91 Å². The summed E-state index contributed by atoms with van der Waals surface area (Å²) in [4.78, 5) is 27.9. The van der Waals surface area contributed by atoms with Gasteiger partial charge in [0.15, 0.2) is 0 Å². The molecular formula is C19H23N5O. The number of amides is 1. The lowest BCUT2D eigenvalue weighted by Gasteiger charge is -2.34. The average Bonchev–Trinajstić information content (AvgIpc) is 3.12. The van der Waals surface area contributed by atoms with Gasteiger partial charge in [0.05, 0.1) is 5.56 Å². The normalized spacial score (nSPS) is 17.6. The molecule has 0 unspecified atom stereocenters. The van der Waals surface area contributed by atoms with Gasteiger partial charge in [0.2, 0.25) is 5.95 Å². The lowest BCUT2D eigenvalue weighted by Crippen LogP contribution is -2.48. The van der Waals surface area contributed by atoms with Crippen molar-refractivity contribution < 1.29 is 4.79 Å². The predicted molar refractivity (Wildman–Crippen MR) is 97.2 cm³/mol. The molecule has 0 aliphatic carbocycles. The maximum absolute atomic E-state index is 12.6. The van der Waals surface area contributed by atoms with Crippen LogP contribution in [0.15, 0.2) is 36.7 Å². The number of piperazine rings is 1. The molecule has 1 fully saturated rings. The SMILES string of the molecule is CCN1CCN(C(=O)c2cnc(N3CCc4ccccc43)nc2)CC1. The lowest BCUT2D eigenvalue weighted by molar-refractivity contribution is 0.0642. The molecule has 1 aromatic carbocycles. The van der Waals surface area contributed by atoms with E-state index in [0.717, 1.165) is 51.4 Å². The van der Waals surface area contributed by atoms with Crippen molar-refractivity contribution in [3.05, 3.63) is 47.8 Å². The number of carbonyl (C=O) groups excluding carboxylic acids is 1. The minimum atomic E-state index is 0.0316. The highest BCUT2D eigenvalue weighted by atomic mass is 16.2. The number of rotatable bonds is 3. The van der Waals surface area contributed by atoms with Crippen molar-refractivity contribution in [2.24, 2.45) is 0 Å². The number of fused-ring (bicyclic) bond motifs is 1. The molecule has 6 nitrogen and oxygen atoms in total. The van der Waals surface area contributed by atoms with Crippen molar-refractivity contribution in [1.82, 2.24) is 19.8 Å². The van der Waals surface area contributed by atoms with Crippen LogP contribution in [0.4, 0.5) is 11.6 Å². The van der Waals surface area contributed by atoms with Crippen molar-refractivity contribution in [1.29, 1.82) is 0 Å². The number of aromatic nitrogens is 2. The van der Waals surface area contributed by atoms with Crippen LogP contribution in [0.2, 0.25) is 0 Å². The van der Waals surface area contributed by atoms with E-state index < -0.39 is 0 Å². The minimum absolute atomic E-state index is 0.0316. The van der Waals surface area contributed by atoms with Crippen LogP contribution >= 0.6 is 0 Å². The smallest absolute Gasteiger partial charge is 0.257 e. The Bertz CT molecular complexity index is 753. The second-order valence-corrected chi connectivity index (χ2v) is 6.53. The largest absolute Gasteiger partial charge is 0.336 e. The van der Waals surface area contributed by atoms with Gasteiger partial charge < -0.3 is 14.7 Å². The van der Waals surface area contributed by atoms with Crippen molar-refractivity contribution in [3.63, 3.8) is 0 Å². The van der Waals surface area contributed by atoms with Crippen molar-refractivity contribution in [3.8, 4) is 0 Å². The van der Waals surface area contributed by atoms with E-state index in [-0.39, 0.29) is 5.91 Å². The third kappa shape index (κ3) is 3.09. The molecule has 2 aromatic rings. The molecule has 0 N–H and O–H groups in total. The van der Waals surface area contributed by atoms with Gasteiger partial charge in [-0.3, -0.25) is 4.79 Å². The molecule has 0 saturated carbocycles. The van der Waals surface area contributed by atoms with Gasteiger partial charge in [-0.2, -0.15) is 0 Å². The van der Waals surface area contributed by atoms with Crippen LogP contribution in [0, 0.1) is 0 Å². The summed E-state index contributed by atoms with van der Waals surface area (Å²) in [6.45, 7) is 7.49. The molecule has 0 atom stereocenters. The number of benzene rings is 1. The highest BCUT2D eigenvalue weighted by Gasteiger charge is 2.24. The van der Waals surface area contributed by atoms with Crippen LogP contribution in [0.5, 0.6) is 0 Å². The average molecular weight is 337 g/mol. The zero-order chi connectivity index (χ0) is 17.2. The molecule has 0 bridgehead atoms. The highest BCUT2D eigenvalue weighted by Crippen LogP contribution is 2.31. The van der Waals surface area contributed by atoms with Crippen LogP contribution in [-0.4, -0.2) is 64.9 Å². The summed E-state index contributed by atoms with van der Waals surface area (Å²) in [5.74, 6) is 0.696. The first-order valence-corrected chi connectivity index (χ1v) is 8.95. The maximum Gasteiger partial charge on any atom is 0.257 e. The summed E-state index contributed by atoms with van der Waals surface area (Å²) < 4.78 is 0. The predicted octanol–water partition coefficient (Wildman–Crippen LogP) is 1.95. The Morgan fingerprint density at radius 2 is 1.76 bits per heavy atom. The van der Waals surface area contributed by atoms with E-state index in [9.17, 15) is 4.79 Å².